The van der Waals surface area contributed by atoms with E-state index in [0.717, 1.165) is 30.4 Å². The molecule has 0 aliphatic rings. The first-order valence-corrected chi connectivity index (χ1v) is 3.97. The number of hydrogen-bond acceptors (Lipinski definition) is 2. The van der Waals surface area contributed by atoms with Gasteiger partial charge in [0, 0.05) is 5.56 Å². The zero-order valence-electron chi connectivity index (χ0n) is 7.45. The van der Waals surface area contributed by atoms with Crippen LogP contribution in [0.25, 0.3) is 6.08 Å². The molecule has 0 saturated heterocycles. The Morgan fingerprint density at radius 1 is 1.27 bits per heavy atom. The summed E-state index contributed by atoms with van der Waals surface area (Å²) in [5.41, 5.74) is -0.914. The van der Waals surface area contributed by atoms with Gasteiger partial charge in [0.1, 0.15) is 12.0 Å². The first kappa shape index (κ1) is 11.3. The van der Waals surface area contributed by atoms with Crippen LogP contribution in [-0.4, -0.2) is 11.4 Å². The highest BCUT2D eigenvalue weighted by Crippen LogP contribution is 2.32. The molecule has 0 heterocycles. The number of aldehydes is 1. The molecule has 15 heavy (non-hydrogen) atoms. The Labute approximate surface area is 83.7 Å². The van der Waals surface area contributed by atoms with E-state index in [0.29, 0.717) is 6.29 Å². The lowest BCUT2D eigenvalue weighted by atomic mass is 10.1. The molecule has 0 atom stereocenters. The zero-order valence-corrected chi connectivity index (χ0v) is 7.45. The minimum Gasteiger partial charge on any atom is -0.507 e. The number of hydrogen-bond donors (Lipinski definition) is 1. The Hall–Kier alpha value is -1.78. The lowest BCUT2D eigenvalue weighted by Crippen LogP contribution is -2.04. The van der Waals surface area contributed by atoms with Gasteiger partial charge in [0.2, 0.25) is 0 Å². The van der Waals surface area contributed by atoms with Gasteiger partial charge in [-0.3, -0.25) is 4.79 Å². The summed E-state index contributed by atoms with van der Waals surface area (Å²) >= 11 is 0. The molecule has 0 amide bonds. The van der Waals surface area contributed by atoms with Gasteiger partial charge in [-0.05, 0) is 30.4 Å². The fourth-order valence-electron chi connectivity index (χ4n) is 1.01. The van der Waals surface area contributed by atoms with Gasteiger partial charge in [-0.1, -0.05) is 0 Å². The monoisotopic (exact) mass is 216 g/mol. The second-order valence-electron chi connectivity index (χ2n) is 2.77. The van der Waals surface area contributed by atoms with Gasteiger partial charge < -0.3 is 5.11 Å². The molecule has 1 aromatic rings. The van der Waals surface area contributed by atoms with Crippen LogP contribution in [0.15, 0.2) is 24.3 Å². The number of halogens is 3. The normalized spacial score (nSPS) is 11.9. The average molecular weight is 216 g/mol. The summed E-state index contributed by atoms with van der Waals surface area (Å²) in [6.45, 7) is 0. The van der Waals surface area contributed by atoms with Gasteiger partial charge >= 0.3 is 6.18 Å². The van der Waals surface area contributed by atoms with Gasteiger partial charge in [0.05, 0.1) is 5.56 Å². The minimum absolute atomic E-state index is 0.0445. The fraction of sp³-hybridized carbons (Fsp3) is 0.100. The molecule has 0 radical (unpaired) electrons. The van der Waals surface area contributed by atoms with Crippen molar-refractivity contribution in [3.63, 3.8) is 0 Å². The third kappa shape index (κ3) is 2.83. The summed E-state index contributed by atoms with van der Waals surface area (Å²) in [7, 11) is 0. The van der Waals surface area contributed by atoms with Crippen LogP contribution >= 0.6 is 0 Å². The minimum atomic E-state index is -4.46. The highest BCUT2D eigenvalue weighted by atomic mass is 19.4. The van der Waals surface area contributed by atoms with Gasteiger partial charge in [-0.15, -0.1) is 0 Å². The number of phenolic OH excluding ortho intramolecular Hbond substituents is 1. The Morgan fingerprint density at radius 2 is 1.93 bits per heavy atom. The zero-order chi connectivity index (χ0) is 11.5. The summed E-state index contributed by atoms with van der Waals surface area (Å²) in [5, 5.41) is 9.19. The summed E-state index contributed by atoms with van der Waals surface area (Å²) in [6, 6.07) is 2.48. The van der Waals surface area contributed by atoms with Crippen LogP contribution in [0.2, 0.25) is 0 Å². The van der Waals surface area contributed by atoms with Crippen LogP contribution in [0, 0.1) is 0 Å². The van der Waals surface area contributed by atoms with E-state index in [2.05, 4.69) is 0 Å². The van der Waals surface area contributed by atoms with Crippen molar-refractivity contribution in [2.75, 3.05) is 0 Å². The fourth-order valence-corrected chi connectivity index (χ4v) is 1.01. The third-order valence-electron chi connectivity index (χ3n) is 1.71. The standard InChI is InChI=1S/C10H7F3O2/c11-10(12,13)8-3-4-9(15)7(6-8)2-1-5-14/h1-6,15H. The summed E-state index contributed by atoms with van der Waals surface area (Å²) in [5.74, 6) is -0.305. The second kappa shape index (κ2) is 4.16. The van der Waals surface area contributed by atoms with Crippen LogP contribution in [-0.2, 0) is 11.0 Å². The third-order valence-corrected chi connectivity index (χ3v) is 1.71. The molecule has 2 nitrogen and oxygen atoms in total. The van der Waals surface area contributed by atoms with Crippen LogP contribution in [0.5, 0.6) is 5.75 Å². The van der Waals surface area contributed by atoms with Crippen molar-refractivity contribution in [3.8, 4) is 5.75 Å². The molecule has 0 spiro atoms. The molecule has 1 N–H and O–H groups in total. The molecule has 0 aromatic heterocycles. The molecule has 1 rings (SSSR count). The van der Waals surface area contributed by atoms with Crippen molar-refractivity contribution in [2.24, 2.45) is 0 Å². The Bertz CT molecular complexity index is 394. The van der Waals surface area contributed by atoms with Crippen molar-refractivity contribution in [2.45, 2.75) is 6.18 Å². The van der Waals surface area contributed by atoms with E-state index in [9.17, 15) is 23.1 Å². The molecule has 5 heteroatoms. The van der Waals surface area contributed by atoms with Crippen molar-refractivity contribution in [1.29, 1.82) is 0 Å². The highest BCUT2D eigenvalue weighted by molar-refractivity contribution is 5.75. The lowest BCUT2D eigenvalue weighted by Gasteiger charge is -2.07. The van der Waals surface area contributed by atoms with Crippen LogP contribution < -0.4 is 0 Å². The topological polar surface area (TPSA) is 37.3 Å². The molecule has 80 valence electrons. The summed E-state index contributed by atoms with van der Waals surface area (Å²) in [4.78, 5) is 9.98. The maximum atomic E-state index is 12.2. The van der Waals surface area contributed by atoms with Crippen molar-refractivity contribution >= 4 is 12.4 Å². The molecule has 0 aliphatic heterocycles. The van der Waals surface area contributed by atoms with E-state index in [1.165, 1.54) is 0 Å². The lowest BCUT2D eigenvalue weighted by molar-refractivity contribution is -0.137. The second-order valence-corrected chi connectivity index (χ2v) is 2.77. The quantitative estimate of drug-likeness (QED) is 0.609. The molecule has 0 unspecified atom stereocenters. The van der Waals surface area contributed by atoms with Crippen LogP contribution in [0.1, 0.15) is 11.1 Å². The Morgan fingerprint density at radius 3 is 2.47 bits per heavy atom. The van der Waals surface area contributed by atoms with Crippen molar-refractivity contribution in [3.05, 3.63) is 35.4 Å². The van der Waals surface area contributed by atoms with E-state index >= 15 is 0 Å². The van der Waals surface area contributed by atoms with Gasteiger partial charge in [0.25, 0.3) is 0 Å². The SMILES string of the molecule is O=CC=Cc1cc(C(F)(F)F)ccc1O. The maximum absolute atomic E-state index is 12.2. The predicted octanol–water partition coefficient (Wildman–Crippen LogP) is 2.62. The molecule has 0 bridgehead atoms. The summed E-state index contributed by atoms with van der Waals surface area (Å²) in [6.07, 6.45) is -1.93. The maximum Gasteiger partial charge on any atom is 0.416 e. The number of alkyl halides is 3. The van der Waals surface area contributed by atoms with E-state index in [4.69, 9.17) is 0 Å². The first-order chi connectivity index (χ1) is 6.95. The van der Waals surface area contributed by atoms with E-state index in [1.54, 1.807) is 0 Å². The highest BCUT2D eigenvalue weighted by Gasteiger charge is 2.30. The molecular weight excluding hydrogens is 209 g/mol. The van der Waals surface area contributed by atoms with Gasteiger partial charge in [0.15, 0.2) is 0 Å². The van der Waals surface area contributed by atoms with Gasteiger partial charge in [-0.2, -0.15) is 13.2 Å². The molecular formula is C10H7F3O2. The first-order valence-electron chi connectivity index (χ1n) is 3.97. The number of phenols is 1. The number of aromatic hydroxyl groups is 1. The number of carbonyl (C=O) groups is 1. The van der Waals surface area contributed by atoms with Gasteiger partial charge in [-0.25, -0.2) is 0 Å². The smallest absolute Gasteiger partial charge is 0.416 e. The number of benzene rings is 1. The van der Waals surface area contributed by atoms with Crippen molar-refractivity contribution in [1.82, 2.24) is 0 Å². The number of carbonyl (C=O) groups excluding carboxylic acids is 1. The predicted molar refractivity (Wildman–Crippen MR) is 48.2 cm³/mol. The Balaban J connectivity index is 3.16. The van der Waals surface area contributed by atoms with Crippen molar-refractivity contribution < 1.29 is 23.1 Å². The van der Waals surface area contributed by atoms with E-state index in [1.807, 2.05) is 0 Å². The largest absolute Gasteiger partial charge is 0.507 e. The average Bonchev–Trinajstić information content (AvgIpc) is 2.15. The van der Waals surface area contributed by atoms with Crippen LogP contribution in [0.3, 0.4) is 0 Å². The van der Waals surface area contributed by atoms with E-state index in [-0.39, 0.29) is 11.3 Å². The Kier molecular flexibility index (Phi) is 3.14. The molecule has 0 fully saturated rings. The molecule has 1 aromatic carbocycles. The number of rotatable bonds is 2. The number of allylic oxidation sites excluding steroid dienone is 1. The molecule has 0 aliphatic carbocycles. The van der Waals surface area contributed by atoms with E-state index < -0.39 is 11.7 Å². The summed E-state index contributed by atoms with van der Waals surface area (Å²) < 4.78 is 36.7. The molecule has 0 saturated carbocycles. The van der Waals surface area contributed by atoms with Crippen LogP contribution in [0.4, 0.5) is 13.2 Å².